The number of benzene rings is 1. The lowest BCUT2D eigenvalue weighted by Crippen LogP contribution is -2.40. The van der Waals surface area contributed by atoms with Crippen LogP contribution in [0.15, 0.2) is 45.9 Å². The van der Waals surface area contributed by atoms with Gasteiger partial charge < -0.3 is 9.73 Å². The van der Waals surface area contributed by atoms with E-state index in [1.54, 1.807) is 6.07 Å². The van der Waals surface area contributed by atoms with E-state index in [0.717, 1.165) is 12.1 Å². The van der Waals surface area contributed by atoms with Crippen LogP contribution in [-0.4, -0.2) is 37.3 Å². The number of thiocarbonyl (C=S) groups is 1. The molecule has 0 radical (unpaired) electrons. The van der Waals surface area contributed by atoms with E-state index in [1.165, 1.54) is 24.4 Å². The number of hydrogen-bond donors (Lipinski definition) is 2. The van der Waals surface area contributed by atoms with E-state index in [1.807, 2.05) is 0 Å². The Morgan fingerprint density at radius 2 is 2.07 bits per heavy atom. The number of nitrogens with one attached hydrogen (secondary N) is 2. The van der Waals surface area contributed by atoms with Gasteiger partial charge in [0.15, 0.2) is 14.9 Å². The maximum atomic E-state index is 12.8. The zero-order chi connectivity index (χ0) is 20.4. The van der Waals surface area contributed by atoms with Gasteiger partial charge in [0.25, 0.3) is 0 Å². The van der Waals surface area contributed by atoms with Gasteiger partial charge in [0.05, 0.1) is 23.3 Å². The second kappa shape index (κ2) is 7.92. The molecule has 150 valence electrons. The summed E-state index contributed by atoms with van der Waals surface area (Å²) in [6, 6.07) is 7.66. The van der Waals surface area contributed by atoms with Gasteiger partial charge in [-0.15, -0.1) is 0 Å². The van der Waals surface area contributed by atoms with Crippen LogP contribution in [-0.2, 0) is 16.0 Å². The van der Waals surface area contributed by atoms with Gasteiger partial charge in [0.1, 0.15) is 11.5 Å². The average Bonchev–Trinajstić information content (AvgIpc) is 3.20. The second-order valence-corrected chi connectivity index (χ2v) is 8.86. The number of rotatable bonds is 4. The van der Waals surface area contributed by atoms with Gasteiger partial charge in [-0.1, -0.05) is 12.1 Å². The quantitative estimate of drug-likeness (QED) is 0.440. The fraction of sp³-hybridized carbons (Fsp3) is 0.294. The van der Waals surface area contributed by atoms with Crippen molar-refractivity contribution < 1.29 is 26.0 Å². The number of sulfone groups is 1. The highest BCUT2D eigenvalue weighted by Crippen LogP contribution is 2.32. The van der Waals surface area contributed by atoms with Crippen LogP contribution in [0, 0.1) is 0 Å². The molecule has 0 bridgehead atoms. The molecule has 2 heterocycles. The molecule has 3 rings (SSSR count). The fourth-order valence-electron chi connectivity index (χ4n) is 2.71. The molecule has 0 spiro atoms. The van der Waals surface area contributed by atoms with Crippen molar-refractivity contribution in [2.45, 2.75) is 18.6 Å². The minimum atomic E-state index is -4.43. The zero-order valence-corrected chi connectivity index (χ0v) is 16.0. The molecule has 6 nitrogen and oxygen atoms in total. The summed E-state index contributed by atoms with van der Waals surface area (Å²) in [7, 11) is -3.01. The summed E-state index contributed by atoms with van der Waals surface area (Å²) >= 11 is 5.04. The van der Waals surface area contributed by atoms with Crippen LogP contribution in [0.4, 0.5) is 13.2 Å². The maximum absolute atomic E-state index is 12.8. The Morgan fingerprint density at radius 1 is 1.29 bits per heavy atom. The molecule has 0 aliphatic carbocycles. The third-order valence-electron chi connectivity index (χ3n) is 4.03. The third-order valence-corrected chi connectivity index (χ3v) is 6.00. The van der Waals surface area contributed by atoms with Crippen molar-refractivity contribution in [3.8, 4) is 11.3 Å². The van der Waals surface area contributed by atoms with Crippen molar-refractivity contribution in [2.24, 2.45) is 5.10 Å². The molecule has 1 aliphatic heterocycles. The third kappa shape index (κ3) is 5.32. The Kier molecular flexibility index (Phi) is 5.75. The van der Waals surface area contributed by atoms with E-state index in [4.69, 9.17) is 16.6 Å². The smallest absolute Gasteiger partial charge is 0.416 e. The summed E-state index contributed by atoms with van der Waals surface area (Å²) in [5.74, 6) is 0.730. The molecule has 1 aliphatic rings. The molecular weight excluding hydrogens is 415 g/mol. The molecule has 2 N–H and O–H groups in total. The van der Waals surface area contributed by atoms with Crippen LogP contribution < -0.4 is 10.7 Å². The van der Waals surface area contributed by atoms with Gasteiger partial charge in [0, 0.05) is 11.6 Å². The Morgan fingerprint density at radius 3 is 2.75 bits per heavy atom. The van der Waals surface area contributed by atoms with Crippen molar-refractivity contribution in [3.63, 3.8) is 0 Å². The number of hydrazone groups is 1. The first-order chi connectivity index (χ1) is 13.1. The van der Waals surface area contributed by atoms with E-state index in [9.17, 15) is 21.6 Å². The molecule has 1 saturated heterocycles. The Labute approximate surface area is 164 Å². The zero-order valence-electron chi connectivity index (χ0n) is 14.4. The van der Waals surface area contributed by atoms with E-state index in [0.29, 0.717) is 17.7 Å². The SMILES string of the molecule is O=S1(=O)CCC(NC(=S)NN=Cc2ccc(-c3cccc(C(F)(F)F)c3)o2)C1. The van der Waals surface area contributed by atoms with E-state index in [2.05, 4.69) is 15.8 Å². The van der Waals surface area contributed by atoms with Crippen LogP contribution in [0.5, 0.6) is 0 Å². The summed E-state index contributed by atoms with van der Waals surface area (Å²) < 4.78 is 66.7. The highest BCUT2D eigenvalue weighted by Gasteiger charge is 2.30. The van der Waals surface area contributed by atoms with Crippen LogP contribution in [0.1, 0.15) is 17.7 Å². The normalized spacial score (nSPS) is 19.0. The van der Waals surface area contributed by atoms with Gasteiger partial charge in [0.2, 0.25) is 0 Å². The number of halogens is 3. The molecule has 0 saturated carbocycles. The molecule has 1 fully saturated rings. The maximum Gasteiger partial charge on any atom is 0.416 e. The molecular formula is C17H16F3N3O3S2. The van der Waals surface area contributed by atoms with Crippen molar-refractivity contribution in [1.82, 2.24) is 10.7 Å². The highest BCUT2D eigenvalue weighted by molar-refractivity contribution is 7.91. The van der Waals surface area contributed by atoms with Crippen molar-refractivity contribution in [1.29, 1.82) is 0 Å². The number of furan rings is 1. The van der Waals surface area contributed by atoms with E-state index in [-0.39, 0.29) is 28.4 Å². The summed E-state index contributed by atoms with van der Waals surface area (Å²) in [5.41, 5.74) is 2.08. The summed E-state index contributed by atoms with van der Waals surface area (Å²) in [6.45, 7) is 0. The number of alkyl halides is 3. The molecule has 1 aromatic heterocycles. The van der Waals surface area contributed by atoms with Crippen LogP contribution >= 0.6 is 12.2 Å². The predicted molar refractivity (Wildman–Crippen MR) is 103 cm³/mol. The summed E-state index contributed by atoms with van der Waals surface area (Å²) in [6.07, 6.45) is -2.64. The minimum Gasteiger partial charge on any atom is -0.455 e. The second-order valence-electron chi connectivity index (χ2n) is 6.22. The van der Waals surface area contributed by atoms with Crippen molar-refractivity contribution in [3.05, 3.63) is 47.7 Å². The van der Waals surface area contributed by atoms with Crippen molar-refractivity contribution >= 4 is 33.4 Å². The summed E-state index contributed by atoms with van der Waals surface area (Å²) in [5, 5.41) is 6.91. The van der Waals surface area contributed by atoms with Gasteiger partial charge in [-0.25, -0.2) is 8.42 Å². The first-order valence-electron chi connectivity index (χ1n) is 8.20. The monoisotopic (exact) mass is 431 g/mol. The molecule has 1 atom stereocenters. The van der Waals surface area contributed by atoms with Gasteiger partial charge >= 0.3 is 6.18 Å². The van der Waals surface area contributed by atoms with Gasteiger partial charge in [-0.2, -0.15) is 18.3 Å². The lowest BCUT2D eigenvalue weighted by Gasteiger charge is -2.11. The summed E-state index contributed by atoms with van der Waals surface area (Å²) in [4.78, 5) is 0. The highest BCUT2D eigenvalue weighted by atomic mass is 32.2. The van der Waals surface area contributed by atoms with Crippen LogP contribution in [0.25, 0.3) is 11.3 Å². The first-order valence-corrected chi connectivity index (χ1v) is 10.4. The first kappa shape index (κ1) is 20.3. The predicted octanol–water partition coefficient (Wildman–Crippen LogP) is 2.95. The van der Waals surface area contributed by atoms with Crippen LogP contribution in [0.2, 0.25) is 0 Å². The lowest BCUT2D eigenvalue weighted by molar-refractivity contribution is -0.137. The average molecular weight is 431 g/mol. The largest absolute Gasteiger partial charge is 0.455 e. The molecule has 1 unspecified atom stereocenters. The standard InChI is InChI=1S/C17H16F3N3O3S2/c18-17(19,20)12-3-1-2-11(8-12)15-5-4-14(26-15)9-21-23-16(27)22-13-6-7-28(24,25)10-13/h1-5,8-9,13H,6-7,10H2,(H2,22,23,27). The van der Waals surface area contributed by atoms with Crippen molar-refractivity contribution in [2.75, 3.05) is 11.5 Å². The Hall–Kier alpha value is -2.40. The lowest BCUT2D eigenvalue weighted by atomic mass is 10.1. The van der Waals surface area contributed by atoms with E-state index >= 15 is 0 Å². The van der Waals surface area contributed by atoms with Gasteiger partial charge in [-0.3, -0.25) is 5.43 Å². The number of nitrogens with zero attached hydrogens (tertiary/aromatic N) is 1. The molecule has 0 amide bonds. The molecule has 28 heavy (non-hydrogen) atoms. The van der Waals surface area contributed by atoms with Crippen LogP contribution in [0.3, 0.4) is 0 Å². The number of hydrogen-bond acceptors (Lipinski definition) is 5. The fourth-order valence-corrected chi connectivity index (χ4v) is 4.60. The Balaban J connectivity index is 1.58. The molecule has 1 aromatic carbocycles. The minimum absolute atomic E-state index is 0.0249. The topological polar surface area (TPSA) is 83.7 Å². The molecule has 11 heteroatoms. The molecule has 2 aromatic rings. The Bertz CT molecular complexity index is 1000. The van der Waals surface area contributed by atoms with Gasteiger partial charge in [-0.05, 0) is 42.9 Å². The van der Waals surface area contributed by atoms with E-state index < -0.39 is 21.6 Å².